The molecule has 1 fully saturated rings. The molecule has 1 saturated heterocycles. The van der Waals surface area contributed by atoms with Gasteiger partial charge in [0.1, 0.15) is 0 Å². The Bertz CT molecular complexity index is 430. The Kier molecular flexibility index (Phi) is 5.13. The fourth-order valence-corrected chi connectivity index (χ4v) is 3.12. The predicted molar refractivity (Wildman–Crippen MR) is 83.1 cm³/mol. The van der Waals surface area contributed by atoms with E-state index in [1.165, 1.54) is 18.4 Å². The Morgan fingerprint density at radius 1 is 1.21 bits per heavy atom. The number of rotatable bonds is 4. The summed E-state index contributed by atoms with van der Waals surface area (Å²) in [6, 6.07) is 5.93. The van der Waals surface area contributed by atoms with Gasteiger partial charge >= 0.3 is 0 Å². The normalized spacial score (nSPS) is 19.6. The lowest BCUT2D eigenvalue weighted by molar-refractivity contribution is 0.118. The van der Waals surface area contributed by atoms with Crippen molar-refractivity contribution in [3.63, 3.8) is 0 Å². The van der Waals surface area contributed by atoms with E-state index in [4.69, 9.17) is 23.2 Å². The summed E-state index contributed by atoms with van der Waals surface area (Å²) in [4.78, 5) is 2.50. The van der Waals surface area contributed by atoms with Crippen LogP contribution in [0.4, 0.5) is 0 Å². The number of nitrogens with zero attached hydrogens (tertiary/aromatic N) is 1. The van der Waals surface area contributed by atoms with E-state index >= 15 is 0 Å². The van der Waals surface area contributed by atoms with Crippen LogP contribution in [0.15, 0.2) is 18.2 Å². The molecule has 2 nitrogen and oxygen atoms in total. The van der Waals surface area contributed by atoms with Crippen molar-refractivity contribution in [1.82, 2.24) is 10.2 Å². The molecule has 0 radical (unpaired) electrons. The maximum Gasteiger partial charge on any atom is 0.0595 e. The summed E-state index contributed by atoms with van der Waals surface area (Å²) in [6.07, 6.45) is 2.34. The van der Waals surface area contributed by atoms with E-state index in [0.29, 0.717) is 10.0 Å². The number of halogens is 2. The Hall–Kier alpha value is -0.280. The van der Waals surface area contributed by atoms with Crippen molar-refractivity contribution in [3.05, 3.63) is 33.8 Å². The lowest BCUT2D eigenvalue weighted by Crippen LogP contribution is -2.59. The predicted octanol–water partition coefficient (Wildman–Crippen LogP) is 3.96. The second kappa shape index (κ2) is 6.45. The summed E-state index contributed by atoms with van der Waals surface area (Å²) >= 11 is 12.0. The molecule has 4 heteroatoms. The minimum absolute atomic E-state index is 0.272. The van der Waals surface area contributed by atoms with Crippen molar-refractivity contribution in [3.8, 4) is 0 Å². The number of hydrogen-bond acceptors (Lipinski definition) is 2. The first-order chi connectivity index (χ1) is 9.08. The molecule has 1 aliphatic heterocycles. The zero-order chi connectivity index (χ0) is 13.9. The maximum atomic E-state index is 6.08. The van der Waals surface area contributed by atoms with Gasteiger partial charge in [-0.2, -0.15) is 0 Å². The van der Waals surface area contributed by atoms with Gasteiger partial charge in [0.05, 0.1) is 10.0 Å². The molecule has 19 heavy (non-hydrogen) atoms. The minimum Gasteiger partial charge on any atom is -0.309 e. The van der Waals surface area contributed by atoms with Gasteiger partial charge in [-0.25, -0.2) is 0 Å². The molecule has 0 spiro atoms. The van der Waals surface area contributed by atoms with Gasteiger partial charge in [-0.3, -0.25) is 4.90 Å². The molecule has 0 unspecified atom stereocenters. The second-order valence-electron chi connectivity index (χ2n) is 5.37. The van der Waals surface area contributed by atoms with Crippen LogP contribution in [-0.2, 0) is 6.54 Å². The van der Waals surface area contributed by atoms with E-state index in [9.17, 15) is 0 Å². The van der Waals surface area contributed by atoms with Gasteiger partial charge in [0.25, 0.3) is 0 Å². The van der Waals surface area contributed by atoms with Crippen LogP contribution in [0.1, 0.15) is 32.3 Å². The Morgan fingerprint density at radius 2 is 1.95 bits per heavy atom. The zero-order valence-electron chi connectivity index (χ0n) is 11.7. The van der Waals surface area contributed by atoms with Gasteiger partial charge in [-0.15, -0.1) is 0 Å². The van der Waals surface area contributed by atoms with Crippen LogP contribution in [0, 0.1) is 0 Å². The quantitative estimate of drug-likeness (QED) is 0.905. The highest BCUT2D eigenvalue weighted by Gasteiger charge is 2.31. The summed E-state index contributed by atoms with van der Waals surface area (Å²) in [5.74, 6) is 0. The van der Waals surface area contributed by atoms with E-state index in [1.54, 1.807) is 0 Å². The molecule has 0 bridgehead atoms. The van der Waals surface area contributed by atoms with Crippen LogP contribution in [0.5, 0.6) is 0 Å². The fraction of sp³-hybridized carbons (Fsp3) is 0.600. The zero-order valence-corrected chi connectivity index (χ0v) is 13.2. The highest BCUT2D eigenvalue weighted by molar-refractivity contribution is 6.42. The molecule has 1 heterocycles. The van der Waals surface area contributed by atoms with Gasteiger partial charge in [0.2, 0.25) is 0 Å². The first kappa shape index (κ1) is 15.1. The van der Waals surface area contributed by atoms with Crippen LogP contribution >= 0.6 is 23.2 Å². The molecule has 1 aromatic rings. The molecule has 0 atom stereocenters. The molecule has 1 aliphatic rings. The SMILES string of the molecule is CCC1(CC)CN(Cc2ccc(Cl)c(Cl)c2)CCN1. The number of nitrogens with one attached hydrogen (secondary N) is 1. The maximum absolute atomic E-state index is 6.08. The smallest absolute Gasteiger partial charge is 0.0595 e. The van der Waals surface area contributed by atoms with Crippen LogP contribution in [0.2, 0.25) is 10.0 Å². The molecule has 0 aliphatic carbocycles. The number of piperazine rings is 1. The lowest BCUT2D eigenvalue weighted by atomic mass is 9.90. The summed E-state index contributed by atoms with van der Waals surface area (Å²) in [7, 11) is 0. The van der Waals surface area contributed by atoms with E-state index in [-0.39, 0.29) is 5.54 Å². The molecule has 106 valence electrons. The highest BCUT2D eigenvalue weighted by atomic mass is 35.5. The van der Waals surface area contributed by atoms with Gasteiger partial charge in [0.15, 0.2) is 0 Å². The van der Waals surface area contributed by atoms with Crippen molar-refractivity contribution in [2.75, 3.05) is 19.6 Å². The third kappa shape index (κ3) is 3.63. The molecular formula is C15H22Cl2N2. The number of benzene rings is 1. The fourth-order valence-electron chi connectivity index (χ4n) is 2.80. The average molecular weight is 301 g/mol. The van der Waals surface area contributed by atoms with E-state index in [1.807, 2.05) is 12.1 Å². The average Bonchev–Trinajstić information content (AvgIpc) is 2.43. The summed E-state index contributed by atoms with van der Waals surface area (Å²) in [5.41, 5.74) is 1.51. The van der Waals surface area contributed by atoms with E-state index in [2.05, 4.69) is 30.1 Å². The van der Waals surface area contributed by atoms with Crippen molar-refractivity contribution in [2.24, 2.45) is 0 Å². The number of hydrogen-bond donors (Lipinski definition) is 1. The lowest BCUT2D eigenvalue weighted by Gasteiger charge is -2.43. The van der Waals surface area contributed by atoms with Crippen LogP contribution in [0.3, 0.4) is 0 Å². The van der Waals surface area contributed by atoms with E-state index < -0.39 is 0 Å². The largest absolute Gasteiger partial charge is 0.309 e. The third-order valence-electron chi connectivity index (χ3n) is 4.20. The summed E-state index contributed by atoms with van der Waals surface area (Å²) in [6.45, 7) is 8.71. The molecule has 0 amide bonds. The van der Waals surface area contributed by atoms with Crippen molar-refractivity contribution in [1.29, 1.82) is 0 Å². The van der Waals surface area contributed by atoms with Gasteiger partial charge < -0.3 is 5.32 Å². The molecule has 1 aromatic carbocycles. The second-order valence-corrected chi connectivity index (χ2v) is 6.19. The molecule has 1 N–H and O–H groups in total. The Balaban J connectivity index is 2.04. The third-order valence-corrected chi connectivity index (χ3v) is 4.94. The van der Waals surface area contributed by atoms with Crippen LogP contribution in [-0.4, -0.2) is 30.1 Å². The minimum atomic E-state index is 0.272. The van der Waals surface area contributed by atoms with Crippen molar-refractivity contribution in [2.45, 2.75) is 38.8 Å². The summed E-state index contributed by atoms with van der Waals surface area (Å²) in [5, 5.41) is 4.95. The molecule has 0 aromatic heterocycles. The summed E-state index contributed by atoms with van der Waals surface area (Å²) < 4.78 is 0. The molecule has 2 rings (SSSR count). The Morgan fingerprint density at radius 3 is 2.58 bits per heavy atom. The molecular weight excluding hydrogens is 279 g/mol. The van der Waals surface area contributed by atoms with Gasteiger partial charge in [0, 0.05) is 31.7 Å². The Labute approximate surface area is 126 Å². The first-order valence-electron chi connectivity index (χ1n) is 7.00. The van der Waals surface area contributed by atoms with Crippen molar-refractivity contribution >= 4 is 23.2 Å². The van der Waals surface area contributed by atoms with Crippen LogP contribution in [0.25, 0.3) is 0 Å². The van der Waals surface area contributed by atoms with E-state index in [0.717, 1.165) is 26.2 Å². The van der Waals surface area contributed by atoms with Crippen LogP contribution < -0.4 is 5.32 Å². The standard InChI is InChI=1S/C15H22Cl2N2/c1-3-15(4-2)11-19(8-7-18-15)10-12-5-6-13(16)14(17)9-12/h5-6,9,18H,3-4,7-8,10-11H2,1-2H3. The topological polar surface area (TPSA) is 15.3 Å². The molecule has 0 saturated carbocycles. The van der Waals surface area contributed by atoms with Gasteiger partial charge in [-0.05, 0) is 30.5 Å². The monoisotopic (exact) mass is 300 g/mol. The first-order valence-corrected chi connectivity index (χ1v) is 7.75. The van der Waals surface area contributed by atoms with Gasteiger partial charge in [-0.1, -0.05) is 43.1 Å². The highest BCUT2D eigenvalue weighted by Crippen LogP contribution is 2.25. The van der Waals surface area contributed by atoms with Crippen molar-refractivity contribution < 1.29 is 0 Å².